The molecule has 144 valence electrons. The van der Waals surface area contributed by atoms with Crippen LogP contribution in [0.15, 0.2) is 34.2 Å². The van der Waals surface area contributed by atoms with Gasteiger partial charge in [0.1, 0.15) is 0 Å². The Morgan fingerprint density at radius 3 is 2.70 bits per heavy atom. The molecule has 1 amide bonds. The number of aromatic nitrogens is 2. The Kier molecular flexibility index (Phi) is 6.37. The van der Waals surface area contributed by atoms with Crippen molar-refractivity contribution in [3.05, 3.63) is 51.4 Å². The van der Waals surface area contributed by atoms with Crippen molar-refractivity contribution in [3.63, 3.8) is 0 Å². The van der Waals surface area contributed by atoms with Crippen LogP contribution in [0.5, 0.6) is 0 Å². The van der Waals surface area contributed by atoms with Crippen LogP contribution in [0.25, 0.3) is 0 Å². The molecule has 2 heterocycles. The Labute approximate surface area is 164 Å². The molecule has 1 aliphatic rings. The molecule has 6 heteroatoms. The van der Waals surface area contributed by atoms with Crippen LogP contribution in [-0.2, 0) is 24.2 Å². The number of nitrogens with zero attached hydrogens (tertiary/aromatic N) is 2. The number of carbonyl (C=O) groups excluding carboxylic acids is 1. The van der Waals surface area contributed by atoms with Gasteiger partial charge in [0.2, 0.25) is 5.91 Å². The second-order valence-corrected chi connectivity index (χ2v) is 8.01. The fourth-order valence-corrected chi connectivity index (χ4v) is 4.46. The van der Waals surface area contributed by atoms with E-state index in [2.05, 4.69) is 29.4 Å². The maximum atomic E-state index is 12.7. The first-order valence-corrected chi connectivity index (χ1v) is 10.6. The van der Waals surface area contributed by atoms with Crippen molar-refractivity contribution >= 4 is 23.4 Å². The molecule has 1 atom stereocenters. The summed E-state index contributed by atoms with van der Waals surface area (Å²) in [5.74, 6) is 0.353. The lowest BCUT2D eigenvalue weighted by atomic mass is 10.1. The van der Waals surface area contributed by atoms with Crippen molar-refractivity contribution in [2.24, 2.45) is 5.92 Å². The third-order valence-corrected chi connectivity index (χ3v) is 6.15. The third-order valence-electron chi connectivity index (χ3n) is 5.02. The molecule has 0 radical (unpaired) electrons. The first kappa shape index (κ1) is 19.7. The number of thioether (sulfide) groups is 1. The predicted molar refractivity (Wildman–Crippen MR) is 111 cm³/mol. The van der Waals surface area contributed by atoms with E-state index in [1.165, 1.54) is 30.2 Å². The first-order chi connectivity index (χ1) is 13.0. The predicted octanol–water partition coefficient (Wildman–Crippen LogP) is 3.82. The van der Waals surface area contributed by atoms with Crippen molar-refractivity contribution in [1.82, 2.24) is 9.55 Å². The lowest BCUT2D eigenvalue weighted by Crippen LogP contribution is -2.38. The van der Waals surface area contributed by atoms with Gasteiger partial charge in [0.25, 0.3) is 5.56 Å². The summed E-state index contributed by atoms with van der Waals surface area (Å²) in [7, 11) is 0. The summed E-state index contributed by atoms with van der Waals surface area (Å²) in [4.78, 5) is 30.0. The lowest BCUT2D eigenvalue weighted by molar-refractivity contribution is -0.119. The highest BCUT2D eigenvalue weighted by molar-refractivity contribution is 7.99. The van der Waals surface area contributed by atoms with E-state index in [1.54, 1.807) is 4.57 Å². The van der Waals surface area contributed by atoms with E-state index in [4.69, 9.17) is 0 Å². The summed E-state index contributed by atoms with van der Waals surface area (Å²) < 4.78 is 1.66. The summed E-state index contributed by atoms with van der Waals surface area (Å²) >= 11 is 1.49. The fraction of sp³-hybridized carbons (Fsp3) is 0.476. The number of amides is 1. The zero-order valence-corrected chi connectivity index (χ0v) is 17.1. The van der Waals surface area contributed by atoms with Gasteiger partial charge in [-0.3, -0.25) is 14.2 Å². The van der Waals surface area contributed by atoms with E-state index in [1.807, 2.05) is 26.0 Å². The van der Waals surface area contributed by atoms with Gasteiger partial charge in [-0.25, -0.2) is 4.98 Å². The number of nitrogens with one attached hydrogen (secondary N) is 1. The van der Waals surface area contributed by atoms with Crippen LogP contribution >= 0.6 is 11.8 Å². The maximum absolute atomic E-state index is 12.7. The number of aryl methyl sites for hydroxylation is 2. The highest BCUT2D eigenvalue weighted by Gasteiger charge is 2.28. The number of unbranched alkanes of at least 4 members (excludes halogenated alkanes) is 1. The van der Waals surface area contributed by atoms with Gasteiger partial charge in [0, 0.05) is 29.2 Å². The van der Waals surface area contributed by atoms with Crippen LogP contribution in [0, 0.1) is 12.8 Å². The number of rotatable bonds is 6. The summed E-state index contributed by atoms with van der Waals surface area (Å²) in [6, 6.07) is 8.06. The average molecular weight is 386 g/mol. The lowest BCUT2D eigenvalue weighted by Gasteiger charge is -2.25. The number of hydrogen-bond donors (Lipinski definition) is 1. The topological polar surface area (TPSA) is 64.0 Å². The second-order valence-electron chi connectivity index (χ2n) is 7.03. The zero-order valence-electron chi connectivity index (χ0n) is 16.2. The molecule has 2 aromatic rings. The normalized spacial score (nSPS) is 16.0. The number of anilines is 1. The molecule has 0 bridgehead atoms. The Morgan fingerprint density at radius 2 is 2.04 bits per heavy atom. The van der Waals surface area contributed by atoms with Crippen molar-refractivity contribution in [3.8, 4) is 0 Å². The van der Waals surface area contributed by atoms with E-state index in [-0.39, 0.29) is 17.4 Å². The first-order valence-electron chi connectivity index (χ1n) is 9.66. The van der Waals surface area contributed by atoms with Crippen LogP contribution in [-0.4, -0.2) is 21.2 Å². The van der Waals surface area contributed by atoms with Gasteiger partial charge in [0.15, 0.2) is 5.16 Å². The fourth-order valence-electron chi connectivity index (χ4n) is 3.34. The second kappa shape index (κ2) is 8.74. The molecule has 0 fully saturated rings. The highest BCUT2D eigenvalue weighted by Crippen LogP contribution is 2.27. The van der Waals surface area contributed by atoms with Crippen LogP contribution in [0.4, 0.5) is 5.69 Å². The van der Waals surface area contributed by atoms with Crippen LogP contribution in [0.2, 0.25) is 0 Å². The molecule has 1 aromatic heterocycles. The molecule has 1 unspecified atom stereocenters. The van der Waals surface area contributed by atoms with Crippen LogP contribution in [0.3, 0.4) is 0 Å². The number of benzene rings is 1. The Morgan fingerprint density at radius 1 is 1.30 bits per heavy atom. The van der Waals surface area contributed by atoms with E-state index in [0.29, 0.717) is 18.7 Å². The van der Waals surface area contributed by atoms with Gasteiger partial charge in [-0.05, 0) is 43.9 Å². The minimum atomic E-state index is -0.241. The van der Waals surface area contributed by atoms with E-state index >= 15 is 0 Å². The molecule has 0 saturated carbocycles. The monoisotopic (exact) mass is 385 g/mol. The van der Waals surface area contributed by atoms with Gasteiger partial charge in [0.05, 0.1) is 5.92 Å². The Bertz CT molecular complexity index is 874. The average Bonchev–Trinajstić information content (AvgIpc) is 2.67. The maximum Gasteiger partial charge on any atom is 0.257 e. The third kappa shape index (κ3) is 4.43. The quantitative estimate of drug-likeness (QED) is 0.768. The van der Waals surface area contributed by atoms with Crippen molar-refractivity contribution in [1.29, 1.82) is 0 Å². The largest absolute Gasteiger partial charge is 0.326 e. The van der Waals surface area contributed by atoms with Crippen molar-refractivity contribution in [2.75, 3.05) is 11.1 Å². The molecular formula is C21H27N3O2S. The smallest absolute Gasteiger partial charge is 0.257 e. The van der Waals surface area contributed by atoms with E-state index in [9.17, 15) is 9.59 Å². The number of carbonyl (C=O) groups is 1. The Balaban J connectivity index is 1.70. The van der Waals surface area contributed by atoms with E-state index in [0.717, 1.165) is 28.5 Å². The highest BCUT2D eigenvalue weighted by atomic mass is 32.2. The summed E-state index contributed by atoms with van der Waals surface area (Å²) in [6.07, 6.45) is 4.07. The molecule has 0 spiro atoms. The molecular weight excluding hydrogens is 358 g/mol. The summed E-state index contributed by atoms with van der Waals surface area (Å²) in [6.45, 7) is 6.41. The van der Waals surface area contributed by atoms with Gasteiger partial charge in [-0.15, -0.1) is 0 Å². The molecule has 0 aliphatic carbocycles. The molecule has 5 nitrogen and oxygen atoms in total. The molecule has 1 N–H and O–H groups in total. The Hall–Kier alpha value is -2.08. The van der Waals surface area contributed by atoms with Gasteiger partial charge in [-0.2, -0.15) is 0 Å². The molecule has 1 aromatic carbocycles. The summed E-state index contributed by atoms with van der Waals surface area (Å²) in [5, 5.41) is 3.72. The van der Waals surface area contributed by atoms with Gasteiger partial charge < -0.3 is 5.32 Å². The molecule has 1 aliphatic heterocycles. The minimum Gasteiger partial charge on any atom is -0.326 e. The van der Waals surface area contributed by atoms with Gasteiger partial charge >= 0.3 is 0 Å². The van der Waals surface area contributed by atoms with E-state index < -0.39 is 0 Å². The van der Waals surface area contributed by atoms with Crippen LogP contribution in [0.1, 0.15) is 43.5 Å². The molecule has 3 rings (SSSR count). The zero-order chi connectivity index (χ0) is 19.4. The number of hydrogen-bond acceptors (Lipinski definition) is 4. The molecule has 27 heavy (non-hydrogen) atoms. The van der Waals surface area contributed by atoms with Crippen molar-refractivity contribution < 1.29 is 4.79 Å². The minimum absolute atomic E-state index is 0.00900. The standard InChI is InChI=1S/C21H27N3O2S/c1-4-6-7-15-8-10-17(11-9-15)23-19(25)16-12-24-20(26)18(5-2)14(3)22-21(24)27-13-16/h8-11,16H,4-7,12-13H2,1-3H3,(H,23,25). The van der Waals surface area contributed by atoms with Gasteiger partial charge in [-0.1, -0.05) is 44.2 Å². The van der Waals surface area contributed by atoms with Crippen LogP contribution < -0.4 is 10.9 Å². The van der Waals surface area contributed by atoms with Crippen molar-refractivity contribution in [2.45, 2.75) is 58.2 Å². The SMILES string of the molecule is CCCCc1ccc(NC(=O)C2CSc3nc(C)c(CC)c(=O)n3C2)cc1. The number of fused-ring (bicyclic) bond motifs is 1. The summed E-state index contributed by atoms with van der Waals surface area (Å²) in [5.41, 5.74) is 3.62. The molecule has 0 saturated heterocycles.